The molecule has 1 aliphatic heterocycles. The maximum Gasteiger partial charge on any atom is 0.187 e. The molecule has 1 heterocycles. The number of aliphatic hydroxyl groups is 4. The molecule has 1 saturated heterocycles. The summed E-state index contributed by atoms with van der Waals surface area (Å²) < 4.78 is 10.7. The van der Waals surface area contributed by atoms with Crippen LogP contribution in [0.2, 0.25) is 0 Å². The molecule has 0 aromatic rings. The number of ketones is 1. The van der Waals surface area contributed by atoms with Crippen LogP contribution in [0.15, 0.2) is 11.1 Å². The Morgan fingerprint density at radius 1 is 1.26 bits per heavy atom. The molecule has 1 saturated carbocycles. The van der Waals surface area contributed by atoms with Crippen molar-refractivity contribution in [2.45, 2.75) is 63.8 Å². The highest BCUT2D eigenvalue weighted by atomic mass is 16.7. The van der Waals surface area contributed by atoms with Crippen LogP contribution in [0.5, 0.6) is 0 Å². The van der Waals surface area contributed by atoms with E-state index in [1.807, 2.05) is 0 Å². The van der Waals surface area contributed by atoms with Gasteiger partial charge in [-0.05, 0) is 36.8 Å². The van der Waals surface area contributed by atoms with Crippen molar-refractivity contribution in [1.82, 2.24) is 0 Å². The number of carbonyl (C=O) groups is 1. The molecule has 2 fully saturated rings. The van der Waals surface area contributed by atoms with Gasteiger partial charge in [0.15, 0.2) is 12.1 Å². The summed E-state index contributed by atoms with van der Waals surface area (Å²) in [7, 11) is 0. The lowest BCUT2D eigenvalue weighted by Gasteiger charge is -2.39. The zero-order valence-corrected chi connectivity index (χ0v) is 13.5. The number of Topliss-reactive ketones (excluding diaryl/α,β-unsaturated/α-hetero) is 1. The zero-order valence-electron chi connectivity index (χ0n) is 13.5. The van der Waals surface area contributed by atoms with Gasteiger partial charge in [-0.3, -0.25) is 4.79 Å². The summed E-state index contributed by atoms with van der Waals surface area (Å²) in [6, 6.07) is 0. The lowest BCUT2D eigenvalue weighted by atomic mass is 9.84. The van der Waals surface area contributed by atoms with E-state index >= 15 is 0 Å². The fraction of sp³-hybridized carbons (Fsp3) is 0.812. The number of allylic oxidation sites excluding steroid dienone is 1. The Kier molecular flexibility index (Phi) is 6.30. The molecule has 7 nitrogen and oxygen atoms in total. The SMILES string of the molecule is C/C(COC1O[C@@H](CO)[C@H](O)[C@H](O)[C@@H]1O)=C1/CC[C@@H](C)CC1=O. The second-order valence-electron chi connectivity index (χ2n) is 6.54. The standard InChI is InChI=1S/C16H26O7/c1-8-3-4-10(11(18)5-8)9(2)7-22-16-15(21)14(20)13(19)12(6-17)23-16/h8,12-17,19-21H,3-7H2,1-2H3/b10-9+/t8-,12+,13+,14+,15+,16?/m1/s1. The molecular weight excluding hydrogens is 304 g/mol. The van der Waals surface area contributed by atoms with E-state index in [-0.39, 0.29) is 12.4 Å². The Hall–Kier alpha value is -0.830. The normalized spacial score (nSPS) is 41.0. The minimum absolute atomic E-state index is 0.0815. The topological polar surface area (TPSA) is 116 Å². The third-order valence-electron chi connectivity index (χ3n) is 4.59. The van der Waals surface area contributed by atoms with E-state index < -0.39 is 37.3 Å². The van der Waals surface area contributed by atoms with Crippen molar-refractivity contribution in [3.63, 3.8) is 0 Å². The lowest BCUT2D eigenvalue weighted by Crippen LogP contribution is -2.59. The van der Waals surface area contributed by atoms with Crippen molar-refractivity contribution in [2.24, 2.45) is 5.92 Å². The smallest absolute Gasteiger partial charge is 0.187 e. The molecule has 6 atom stereocenters. The average Bonchev–Trinajstić information content (AvgIpc) is 2.51. The van der Waals surface area contributed by atoms with Gasteiger partial charge in [-0.1, -0.05) is 6.92 Å². The third-order valence-corrected chi connectivity index (χ3v) is 4.59. The fourth-order valence-corrected chi connectivity index (χ4v) is 3.02. The van der Waals surface area contributed by atoms with E-state index in [2.05, 4.69) is 6.92 Å². The maximum absolute atomic E-state index is 12.1. The van der Waals surface area contributed by atoms with E-state index in [1.54, 1.807) is 6.92 Å². The largest absolute Gasteiger partial charge is 0.394 e. The summed E-state index contributed by atoms with van der Waals surface area (Å²) in [6.07, 6.45) is -4.25. The molecule has 7 heteroatoms. The number of hydrogen-bond donors (Lipinski definition) is 4. The van der Waals surface area contributed by atoms with Crippen LogP contribution in [-0.4, -0.2) is 70.1 Å². The van der Waals surface area contributed by atoms with Gasteiger partial charge in [0.05, 0.1) is 13.2 Å². The molecule has 4 N–H and O–H groups in total. The number of ether oxygens (including phenoxy) is 2. The van der Waals surface area contributed by atoms with Gasteiger partial charge in [0.1, 0.15) is 24.4 Å². The molecule has 0 aromatic carbocycles. The molecule has 0 amide bonds. The Morgan fingerprint density at radius 2 is 1.96 bits per heavy atom. The quantitative estimate of drug-likeness (QED) is 0.514. The Morgan fingerprint density at radius 3 is 2.57 bits per heavy atom. The average molecular weight is 330 g/mol. The highest BCUT2D eigenvalue weighted by Crippen LogP contribution is 2.28. The van der Waals surface area contributed by atoms with E-state index in [1.165, 1.54) is 0 Å². The molecule has 2 aliphatic rings. The first-order valence-electron chi connectivity index (χ1n) is 7.99. The van der Waals surface area contributed by atoms with Crippen LogP contribution in [0.25, 0.3) is 0 Å². The van der Waals surface area contributed by atoms with Gasteiger partial charge in [-0.2, -0.15) is 0 Å². The van der Waals surface area contributed by atoms with Crippen LogP contribution in [0, 0.1) is 5.92 Å². The summed E-state index contributed by atoms with van der Waals surface area (Å²) in [5.74, 6) is 0.518. The van der Waals surface area contributed by atoms with Crippen molar-refractivity contribution in [1.29, 1.82) is 0 Å². The van der Waals surface area contributed by atoms with Crippen molar-refractivity contribution >= 4 is 5.78 Å². The van der Waals surface area contributed by atoms with Crippen molar-refractivity contribution in [3.05, 3.63) is 11.1 Å². The fourth-order valence-electron chi connectivity index (χ4n) is 3.02. The lowest BCUT2D eigenvalue weighted by molar-refractivity contribution is -0.299. The van der Waals surface area contributed by atoms with Crippen molar-refractivity contribution in [3.8, 4) is 0 Å². The summed E-state index contributed by atoms with van der Waals surface area (Å²) >= 11 is 0. The highest BCUT2D eigenvalue weighted by Gasteiger charge is 2.44. The summed E-state index contributed by atoms with van der Waals surface area (Å²) in [6.45, 7) is 3.43. The molecule has 2 rings (SSSR count). The molecule has 1 unspecified atom stereocenters. The van der Waals surface area contributed by atoms with Gasteiger partial charge in [0.25, 0.3) is 0 Å². The summed E-state index contributed by atoms with van der Waals surface area (Å²) in [5, 5.41) is 38.5. The van der Waals surface area contributed by atoms with E-state index in [0.717, 1.165) is 17.6 Å². The molecule has 0 bridgehead atoms. The van der Waals surface area contributed by atoms with Crippen molar-refractivity contribution in [2.75, 3.05) is 13.2 Å². The first kappa shape index (κ1) is 18.5. The molecular formula is C16H26O7. The van der Waals surface area contributed by atoms with Gasteiger partial charge in [-0.15, -0.1) is 0 Å². The number of rotatable bonds is 4. The zero-order chi connectivity index (χ0) is 17.1. The molecule has 0 spiro atoms. The Labute approximate surface area is 135 Å². The minimum Gasteiger partial charge on any atom is -0.394 e. The van der Waals surface area contributed by atoms with Crippen molar-refractivity contribution < 1.29 is 34.7 Å². The van der Waals surface area contributed by atoms with Gasteiger partial charge >= 0.3 is 0 Å². The monoisotopic (exact) mass is 330 g/mol. The summed E-state index contributed by atoms with van der Waals surface area (Å²) in [4.78, 5) is 12.1. The first-order chi connectivity index (χ1) is 10.8. The van der Waals surface area contributed by atoms with Crippen LogP contribution in [0.4, 0.5) is 0 Å². The minimum atomic E-state index is -1.46. The predicted octanol–water partition coefficient (Wildman–Crippen LogP) is -0.492. The first-order valence-corrected chi connectivity index (χ1v) is 7.99. The van der Waals surface area contributed by atoms with Gasteiger partial charge < -0.3 is 29.9 Å². The van der Waals surface area contributed by atoms with Gasteiger partial charge in [0, 0.05) is 6.42 Å². The molecule has 132 valence electrons. The third kappa shape index (κ3) is 4.17. The number of aliphatic hydroxyl groups excluding tert-OH is 4. The predicted molar refractivity (Wildman–Crippen MR) is 80.4 cm³/mol. The van der Waals surface area contributed by atoms with Crippen LogP contribution >= 0.6 is 0 Å². The highest BCUT2D eigenvalue weighted by molar-refractivity contribution is 5.96. The van der Waals surface area contributed by atoms with Gasteiger partial charge in [-0.25, -0.2) is 0 Å². The second-order valence-corrected chi connectivity index (χ2v) is 6.54. The molecule has 1 aliphatic carbocycles. The number of hydrogen-bond acceptors (Lipinski definition) is 7. The van der Waals surface area contributed by atoms with Crippen LogP contribution in [0.3, 0.4) is 0 Å². The molecule has 23 heavy (non-hydrogen) atoms. The van der Waals surface area contributed by atoms with E-state index in [0.29, 0.717) is 18.8 Å². The van der Waals surface area contributed by atoms with Crippen LogP contribution in [-0.2, 0) is 14.3 Å². The maximum atomic E-state index is 12.1. The second kappa shape index (κ2) is 7.83. The van der Waals surface area contributed by atoms with Crippen LogP contribution in [0.1, 0.15) is 33.1 Å². The Bertz CT molecular complexity index is 459. The summed E-state index contributed by atoms with van der Waals surface area (Å²) in [5.41, 5.74) is 1.53. The Balaban J connectivity index is 1.98. The van der Waals surface area contributed by atoms with Gasteiger partial charge in [0.2, 0.25) is 0 Å². The molecule has 0 radical (unpaired) electrons. The molecule has 0 aromatic heterocycles. The van der Waals surface area contributed by atoms with E-state index in [9.17, 15) is 20.1 Å². The number of carbonyl (C=O) groups excluding carboxylic acids is 1. The van der Waals surface area contributed by atoms with E-state index in [4.69, 9.17) is 14.6 Å². The van der Waals surface area contributed by atoms with Crippen LogP contribution < -0.4 is 0 Å².